The summed E-state index contributed by atoms with van der Waals surface area (Å²) >= 11 is 0. The molecule has 0 amide bonds. The molecule has 0 saturated carbocycles. The fourth-order valence-electron chi connectivity index (χ4n) is 2.04. The molecule has 0 aliphatic carbocycles. The summed E-state index contributed by atoms with van der Waals surface area (Å²) in [6.07, 6.45) is 0.976. The van der Waals surface area contributed by atoms with Gasteiger partial charge in [-0.25, -0.2) is 13.1 Å². The summed E-state index contributed by atoms with van der Waals surface area (Å²) in [5.74, 6) is 0. The molecule has 0 aromatic heterocycles. The summed E-state index contributed by atoms with van der Waals surface area (Å²) in [7, 11) is -2.05. The van der Waals surface area contributed by atoms with Crippen molar-refractivity contribution in [3.05, 3.63) is 18.2 Å². The van der Waals surface area contributed by atoms with Crippen LogP contribution in [0, 0.1) is 0 Å². The lowest BCUT2D eigenvalue weighted by Gasteiger charge is -2.18. The Morgan fingerprint density at radius 2 is 1.90 bits per heavy atom. The number of hydrogen-bond donors (Lipinski definition) is 3. The van der Waals surface area contributed by atoms with Gasteiger partial charge >= 0.3 is 0 Å². The normalized spacial score (nSPS) is 11.8. The van der Waals surface area contributed by atoms with Gasteiger partial charge in [0.2, 0.25) is 10.0 Å². The molecular formula is C14H26N4O2S. The van der Waals surface area contributed by atoms with Crippen molar-refractivity contribution < 1.29 is 8.42 Å². The van der Waals surface area contributed by atoms with Crippen LogP contribution in [0.3, 0.4) is 0 Å². The average molecular weight is 314 g/mol. The topological polar surface area (TPSA) is 87.5 Å². The third kappa shape index (κ3) is 5.18. The van der Waals surface area contributed by atoms with E-state index in [9.17, 15) is 8.42 Å². The van der Waals surface area contributed by atoms with E-state index in [-0.39, 0.29) is 4.90 Å². The molecule has 0 unspecified atom stereocenters. The molecule has 0 aliphatic rings. The van der Waals surface area contributed by atoms with E-state index in [1.165, 1.54) is 13.1 Å². The first-order chi connectivity index (χ1) is 9.94. The molecule has 0 atom stereocenters. The molecule has 6 nitrogen and oxygen atoms in total. The van der Waals surface area contributed by atoms with E-state index in [1.807, 2.05) is 0 Å². The number of rotatable bonds is 9. The SMILES string of the molecule is CCN(CC)CCCNc1cc(S(=O)(=O)NC)ccc1N. The van der Waals surface area contributed by atoms with Crippen LogP contribution in [0.4, 0.5) is 11.4 Å². The fourth-order valence-corrected chi connectivity index (χ4v) is 2.79. The van der Waals surface area contributed by atoms with Crippen LogP contribution in [0.5, 0.6) is 0 Å². The average Bonchev–Trinajstić information content (AvgIpc) is 2.49. The molecule has 0 aliphatic heterocycles. The molecule has 7 heteroatoms. The predicted octanol–water partition coefficient (Wildman–Crippen LogP) is 1.32. The predicted molar refractivity (Wildman–Crippen MR) is 88.0 cm³/mol. The zero-order valence-electron chi connectivity index (χ0n) is 13.0. The molecule has 0 fully saturated rings. The minimum Gasteiger partial charge on any atom is -0.397 e. The summed E-state index contributed by atoms with van der Waals surface area (Å²) in [6, 6.07) is 4.68. The zero-order valence-corrected chi connectivity index (χ0v) is 13.8. The molecule has 0 heterocycles. The van der Waals surface area contributed by atoms with Gasteiger partial charge < -0.3 is 16.0 Å². The minimum absolute atomic E-state index is 0.213. The first-order valence-electron chi connectivity index (χ1n) is 7.23. The summed E-state index contributed by atoms with van der Waals surface area (Å²) in [4.78, 5) is 2.55. The van der Waals surface area contributed by atoms with Gasteiger partial charge in [-0.3, -0.25) is 0 Å². The largest absolute Gasteiger partial charge is 0.397 e. The van der Waals surface area contributed by atoms with E-state index in [0.29, 0.717) is 11.4 Å². The van der Waals surface area contributed by atoms with Crippen LogP contribution >= 0.6 is 0 Å². The van der Waals surface area contributed by atoms with Crippen molar-refractivity contribution >= 4 is 21.4 Å². The van der Waals surface area contributed by atoms with E-state index in [0.717, 1.165) is 32.6 Å². The Bertz CT molecular complexity index is 542. The Balaban J connectivity index is 2.65. The highest BCUT2D eigenvalue weighted by atomic mass is 32.2. The Hall–Kier alpha value is -1.31. The van der Waals surface area contributed by atoms with Gasteiger partial charge in [-0.2, -0.15) is 0 Å². The highest BCUT2D eigenvalue weighted by molar-refractivity contribution is 7.89. The van der Waals surface area contributed by atoms with E-state index in [4.69, 9.17) is 5.73 Å². The number of nitrogens with zero attached hydrogens (tertiary/aromatic N) is 1. The van der Waals surface area contributed by atoms with Crippen LogP contribution < -0.4 is 15.8 Å². The third-order valence-electron chi connectivity index (χ3n) is 3.46. The van der Waals surface area contributed by atoms with Crippen molar-refractivity contribution in [3.63, 3.8) is 0 Å². The molecular weight excluding hydrogens is 288 g/mol. The van der Waals surface area contributed by atoms with E-state index in [1.54, 1.807) is 12.1 Å². The van der Waals surface area contributed by atoms with Crippen LogP contribution in [0.2, 0.25) is 0 Å². The number of anilines is 2. The highest BCUT2D eigenvalue weighted by Gasteiger charge is 2.13. The van der Waals surface area contributed by atoms with Gasteiger partial charge in [-0.1, -0.05) is 13.8 Å². The lowest BCUT2D eigenvalue weighted by atomic mass is 10.2. The first-order valence-corrected chi connectivity index (χ1v) is 8.72. The monoisotopic (exact) mass is 314 g/mol. The standard InChI is InChI=1S/C14H26N4O2S/c1-4-18(5-2)10-6-9-17-14-11-12(7-8-13(14)15)21(19,20)16-3/h7-8,11,16-17H,4-6,9-10,15H2,1-3H3. The van der Waals surface area contributed by atoms with E-state index in [2.05, 4.69) is 28.8 Å². The molecule has 4 N–H and O–H groups in total. The summed E-state index contributed by atoms with van der Waals surface area (Å²) in [5, 5.41) is 3.21. The lowest BCUT2D eigenvalue weighted by molar-refractivity contribution is 0.303. The van der Waals surface area contributed by atoms with Crippen molar-refractivity contribution in [1.82, 2.24) is 9.62 Å². The van der Waals surface area contributed by atoms with Crippen molar-refractivity contribution in [3.8, 4) is 0 Å². The maximum atomic E-state index is 11.8. The smallest absolute Gasteiger partial charge is 0.240 e. The van der Waals surface area contributed by atoms with Gasteiger partial charge in [0.05, 0.1) is 16.3 Å². The molecule has 1 aromatic carbocycles. The molecule has 1 rings (SSSR count). The second-order valence-electron chi connectivity index (χ2n) is 4.76. The molecule has 0 bridgehead atoms. The van der Waals surface area contributed by atoms with E-state index < -0.39 is 10.0 Å². The Kier molecular flexibility index (Phi) is 6.94. The van der Waals surface area contributed by atoms with E-state index >= 15 is 0 Å². The van der Waals surface area contributed by atoms with Crippen molar-refractivity contribution in [2.45, 2.75) is 25.2 Å². The first kappa shape index (κ1) is 17.7. The van der Waals surface area contributed by atoms with Gasteiger partial charge in [0.15, 0.2) is 0 Å². The summed E-state index contributed by atoms with van der Waals surface area (Å²) < 4.78 is 25.8. The lowest BCUT2D eigenvalue weighted by Crippen LogP contribution is -2.25. The quantitative estimate of drug-likeness (QED) is 0.473. The van der Waals surface area contributed by atoms with Gasteiger partial charge in [0, 0.05) is 6.54 Å². The molecule has 1 aromatic rings. The molecule has 120 valence electrons. The second-order valence-corrected chi connectivity index (χ2v) is 6.65. The highest BCUT2D eigenvalue weighted by Crippen LogP contribution is 2.22. The van der Waals surface area contributed by atoms with Crippen LogP contribution in [0.15, 0.2) is 23.1 Å². The molecule has 0 radical (unpaired) electrons. The fraction of sp³-hybridized carbons (Fsp3) is 0.571. The maximum absolute atomic E-state index is 11.8. The third-order valence-corrected chi connectivity index (χ3v) is 4.88. The number of benzene rings is 1. The number of nitrogens with one attached hydrogen (secondary N) is 2. The van der Waals surface area contributed by atoms with Crippen LogP contribution in [0.25, 0.3) is 0 Å². The van der Waals surface area contributed by atoms with Gasteiger partial charge in [-0.15, -0.1) is 0 Å². The Labute approximate surface area is 127 Å². The van der Waals surface area contributed by atoms with Crippen LogP contribution in [0.1, 0.15) is 20.3 Å². The van der Waals surface area contributed by atoms with Crippen molar-refractivity contribution in [1.29, 1.82) is 0 Å². The van der Waals surface area contributed by atoms with Crippen molar-refractivity contribution in [2.75, 3.05) is 44.3 Å². The van der Waals surface area contributed by atoms with Gasteiger partial charge in [-0.05, 0) is 51.3 Å². The Morgan fingerprint density at radius 1 is 1.24 bits per heavy atom. The number of sulfonamides is 1. The van der Waals surface area contributed by atoms with Gasteiger partial charge in [0.25, 0.3) is 0 Å². The molecule has 21 heavy (non-hydrogen) atoms. The number of nitrogens with two attached hydrogens (primary N) is 1. The minimum atomic E-state index is -3.44. The maximum Gasteiger partial charge on any atom is 0.240 e. The van der Waals surface area contributed by atoms with Gasteiger partial charge in [0.1, 0.15) is 0 Å². The summed E-state index contributed by atoms with van der Waals surface area (Å²) in [6.45, 7) is 8.11. The Morgan fingerprint density at radius 3 is 2.48 bits per heavy atom. The number of nitrogen functional groups attached to an aromatic ring is 1. The molecule has 0 spiro atoms. The summed E-state index contributed by atoms with van der Waals surface area (Å²) in [5.41, 5.74) is 7.09. The van der Waals surface area contributed by atoms with Crippen LogP contribution in [-0.2, 0) is 10.0 Å². The number of hydrogen-bond acceptors (Lipinski definition) is 5. The second kappa shape index (κ2) is 8.21. The zero-order chi connectivity index (χ0) is 15.9. The van der Waals surface area contributed by atoms with Crippen LogP contribution in [-0.4, -0.2) is 46.5 Å². The molecule has 0 saturated heterocycles. The van der Waals surface area contributed by atoms with Crippen molar-refractivity contribution in [2.24, 2.45) is 0 Å².